The van der Waals surface area contributed by atoms with Gasteiger partial charge in [0.25, 0.3) is 5.91 Å². The van der Waals surface area contributed by atoms with Crippen LogP contribution in [-0.2, 0) is 0 Å². The Morgan fingerprint density at radius 1 is 1.45 bits per heavy atom. The summed E-state index contributed by atoms with van der Waals surface area (Å²) in [6, 6.07) is 3.62. The van der Waals surface area contributed by atoms with Crippen LogP contribution in [0.15, 0.2) is 15.9 Å². The van der Waals surface area contributed by atoms with E-state index in [2.05, 4.69) is 33.1 Å². The highest BCUT2D eigenvalue weighted by Gasteiger charge is 2.37. The highest BCUT2D eigenvalue weighted by Crippen LogP contribution is 2.32. The Morgan fingerprint density at radius 3 is 2.70 bits per heavy atom. The summed E-state index contributed by atoms with van der Waals surface area (Å²) in [6.45, 7) is 3.02. The molecule has 2 saturated heterocycles. The van der Waals surface area contributed by atoms with Crippen molar-refractivity contribution in [3.63, 3.8) is 0 Å². The second-order valence-corrected chi connectivity index (χ2v) is 7.63. The average molecular weight is 357 g/mol. The third-order valence-corrected chi connectivity index (χ3v) is 6.25. The molecule has 0 aromatic carbocycles. The normalized spacial score (nSPS) is 28.6. The molecule has 5 heteroatoms. The van der Waals surface area contributed by atoms with Crippen LogP contribution in [0.5, 0.6) is 0 Å². The summed E-state index contributed by atoms with van der Waals surface area (Å²) in [5, 5.41) is 5.64. The minimum atomic E-state index is 0.208. The van der Waals surface area contributed by atoms with Crippen LogP contribution in [0.25, 0.3) is 0 Å². The van der Waals surface area contributed by atoms with Crippen LogP contribution in [0.4, 0.5) is 0 Å². The minimum absolute atomic E-state index is 0.208. The van der Waals surface area contributed by atoms with Gasteiger partial charge in [-0.15, -0.1) is 11.3 Å². The van der Waals surface area contributed by atoms with Gasteiger partial charge in [-0.1, -0.05) is 6.92 Å². The van der Waals surface area contributed by atoms with Gasteiger partial charge in [-0.25, -0.2) is 0 Å². The Balaban J connectivity index is 1.78. The van der Waals surface area contributed by atoms with Crippen molar-refractivity contribution >= 4 is 33.2 Å². The molecular weight excluding hydrogens is 336 g/mol. The van der Waals surface area contributed by atoms with Crippen molar-refractivity contribution in [2.24, 2.45) is 0 Å². The quantitative estimate of drug-likeness (QED) is 0.892. The lowest BCUT2D eigenvalue weighted by molar-refractivity contribution is 0.0621. The second kappa shape index (κ2) is 6.16. The summed E-state index contributed by atoms with van der Waals surface area (Å²) in [4.78, 5) is 15.8. The zero-order valence-corrected chi connectivity index (χ0v) is 14.2. The van der Waals surface area contributed by atoms with E-state index in [1.807, 2.05) is 11.4 Å². The van der Waals surface area contributed by atoms with Gasteiger partial charge in [-0.3, -0.25) is 4.79 Å². The van der Waals surface area contributed by atoms with Crippen LogP contribution in [0.2, 0.25) is 0 Å². The predicted molar refractivity (Wildman–Crippen MR) is 86.3 cm³/mol. The lowest BCUT2D eigenvalue weighted by atomic mass is 9.97. The van der Waals surface area contributed by atoms with Crippen molar-refractivity contribution in [1.29, 1.82) is 0 Å². The number of thiophene rings is 1. The fourth-order valence-electron chi connectivity index (χ4n) is 3.55. The molecule has 3 nitrogen and oxygen atoms in total. The number of hydrogen-bond acceptors (Lipinski definition) is 3. The first-order valence-corrected chi connectivity index (χ1v) is 9.16. The third-order valence-electron chi connectivity index (χ3n) is 4.43. The molecule has 1 aromatic heterocycles. The van der Waals surface area contributed by atoms with Crippen molar-refractivity contribution in [2.75, 3.05) is 6.54 Å². The van der Waals surface area contributed by atoms with Crippen molar-refractivity contribution in [2.45, 2.75) is 57.2 Å². The SMILES string of the molecule is CCCN(C(=O)c1sccc1Br)C1CC2CCC(C1)N2. The maximum Gasteiger partial charge on any atom is 0.265 e. The van der Waals surface area contributed by atoms with Crippen LogP contribution in [0, 0.1) is 0 Å². The van der Waals surface area contributed by atoms with Gasteiger partial charge in [0.2, 0.25) is 0 Å². The smallest absolute Gasteiger partial charge is 0.265 e. The van der Waals surface area contributed by atoms with E-state index in [-0.39, 0.29) is 5.91 Å². The fourth-order valence-corrected chi connectivity index (χ4v) is 5.05. The van der Waals surface area contributed by atoms with Crippen molar-refractivity contribution in [1.82, 2.24) is 10.2 Å². The molecule has 2 aliphatic rings. The summed E-state index contributed by atoms with van der Waals surface area (Å²) in [6.07, 6.45) is 5.81. The van der Waals surface area contributed by atoms with Gasteiger partial charge in [0.05, 0.1) is 0 Å². The molecule has 20 heavy (non-hydrogen) atoms. The van der Waals surface area contributed by atoms with Crippen molar-refractivity contribution < 1.29 is 4.79 Å². The number of rotatable bonds is 4. The summed E-state index contributed by atoms with van der Waals surface area (Å²) in [5.74, 6) is 0.208. The summed E-state index contributed by atoms with van der Waals surface area (Å²) >= 11 is 5.04. The van der Waals surface area contributed by atoms with Crippen LogP contribution < -0.4 is 5.32 Å². The maximum atomic E-state index is 12.8. The Bertz CT molecular complexity index is 478. The molecule has 1 amide bonds. The topological polar surface area (TPSA) is 32.3 Å². The zero-order valence-electron chi connectivity index (χ0n) is 11.8. The van der Waals surface area contributed by atoms with Gasteiger partial charge in [-0.2, -0.15) is 0 Å². The Morgan fingerprint density at radius 2 is 2.15 bits per heavy atom. The van der Waals surface area contributed by atoms with Gasteiger partial charge < -0.3 is 10.2 Å². The van der Waals surface area contributed by atoms with Crippen LogP contribution >= 0.6 is 27.3 Å². The van der Waals surface area contributed by atoms with Crippen molar-refractivity contribution in [3.8, 4) is 0 Å². The van der Waals surface area contributed by atoms with Crippen LogP contribution in [0.3, 0.4) is 0 Å². The maximum absolute atomic E-state index is 12.8. The molecule has 0 spiro atoms. The van der Waals surface area contributed by atoms with Crippen LogP contribution in [0.1, 0.15) is 48.7 Å². The van der Waals surface area contributed by atoms with Gasteiger partial charge in [0.15, 0.2) is 0 Å². The minimum Gasteiger partial charge on any atom is -0.335 e. The molecule has 110 valence electrons. The van der Waals surface area contributed by atoms with E-state index in [0.29, 0.717) is 18.1 Å². The number of carbonyl (C=O) groups excluding carboxylic acids is 1. The Labute approximate surface area is 132 Å². The lowest BCUT2D eigenvalue weighted by Crippen LogP contribution is -2.50. The number of carbonyl (C=O) groups is 1. The Hall–Kier alpha value is -0.390. The van der Waals surface area contributed by atoms with Crippen molar-refractivity contribution in [3.05, 3.63) is 20.8 Å². The standard InChI is InChI=1S/C15H21BrN2OS/c1-2-6-18(15(19)14-13(16)5-7-20-14)12-8-10-3-4-11(9-12)17-10/h5,7,10-12,17H,2-4,6,8-9H2,1H3. The van der Waals surface area contributed by atoms with E-state index in [9.17, 15) is 4.79 Å². The first-order chi connectivity index (χ1) is 9.69. The van der Waals surface area contributed by atoms with E-state index in [1.54, 1.807) is 0 Å². The molecule has 2 fully saturated rings. The van der Waals surface area contributed by atoms with Gasteiger partial charge >= 0.3 is 0 Å². The third kappa shape index (κ3) is 2.81. The number of nitrogens with one attached hydrogen (secondary N) is 1. The first kappa shape index (κ1) is 14.5. The molecule has 3 heterocycles. The Kier molecular flexibility index (Phi) is 4.48. The number of hydrogen-bond donors (Lipinski definition) is 1. The number of piperidine rings is 1. The second-order valence-electron chi connectivity index (χ2n) is 5.86. The molecule has 0 aliphatic carbocycles. The lowest BCUT2D eigenvalue weighted by Gasteiger charge is -2.37. The first-order valence-electron chi connectivity index (χ1n) is 7.49. The highest BCUT2D eigenvalue weighted by molar-refractivity contribution is 9.10. The largest absolute Gasteiger partial charge is 0.335 e. The number of fused-ring (bicyclic) bond motifs is 2. The van der Waals surface area contributed by atoms with E-state index in [4.69, 9.17) is 0 Å². The molecule has 2 aliphatic heterocycles. The van der Waals surface area contributed by atoms with E-state index in [0.717, 1.165) is 35.2 Å². The molecule has 2 atom stereocenters. The van der Waals surface area contributed by atoms with Crippen LogP contribution in [-0.4, -0.2) is 35.5 Å². The molecule has 0 saturated carbocycles. The number of amides is 1. The molecule has 2 bridgehead atoms. The van der Waals surface area contributed by atoms with Gasteiger partial charge in [0.1, 0.15) is 4.88 Å². The fraction of sp³-hybridized carbons (Fsp3) is 0.667. The molecule has 0 radical (unpaired) electrons. The van der Waals surface area contributed by atoms with E-state index in [1.165, 1.54) is 24.2 Å². The molecule has 3 rings (SSSR count). The van der Waals surface area contributed by atoms with E-state index >= 15 is 0 Å². The number of halogens is 1. The summed E-state index contributed by atoms with van der Waals surface area (Å²) in [7, 11) is 0. The highest BCUT2D eigenvalue weighted by atomic mass is 79.9. The van der Waals surface area contributed by atoms with Gasteiger partial charge in [-0.05, 0) is 59.5 Å². The average Bonchev–Trinajstić information content (AvgIpc) is 3.01. The molecular formula is C15H21BrN2OS. The monoisotopic (exact) mass is 356 g/mol. The molecule has 2 unspecified atom stereocenters. The number of nitrogens with zero attached hydrogens (tertiary/aromatic N) is 1. The molecule has 1 aromatic rings. The zero-order chi connectivity index (χ0) is 14.1. The van der Waals surface area contributed by atoms with Gasteiger partial charge in [0, 0.05) is 29.1 Å². The van der Waals surface area contributed by atoms with E-state index < -0.39 is 0 Å². The molecule has 1 N–H and O–H groups in total. The summed E-state index contributed by atoms with van der Waals surface area (Å²) < 4.78 is 0.936. The summed E-state index contributed by atoms with van der Waals surface area (Å²) in [5.41, 5.74) is 0. The predicted octanol–water partition coefficient (Wildman–Crippen LogP) is 3.65.